The summed E-state index contributed by atoms with van der Waals surface area (Å²) in [6.07, 6.45) is 3.39. The summed E-state index contributed by atoms with van der Waals surface area (Å²) in [4.78, 5) is 33.5. The summed E-state index contributed by atoms with van der Waals surface area (Å²) in [6, 6.07) is -0.356. The van der Waals surface area contributed by atoms with E-state index in [9.17, 15) is 14.4 Å². The van der Waals surface area contributed by atoms with E-state index in [1.807, 2.05) is 0 Å². The van der Waals surface area contributed by atoms with Gasteiger partial charge in [-0.1, -0.05) is 20.3 Å². The minimum atomic E-state index is -0.937. The zero-order valence-corrected chi connectivity index (χ0v) is 12.1. The predicted octanol–water partition coefficient (Wildman–Crippen LogP) is 1.89. The summed E-state index contributed by atoms with van der Waals surface area (Å²) in [5, 5.41) is 13.6. The second-order valence-electron chi connectivity index (χ2n) is 5.48. The Morgan fingerprint density at radius 2 is 1.90 bits per heavy atom. The van der Waals surface area contributed by atoms with Gasteiger partial charge in [-0.25, -0.2) is 4.79 Å². The van der Waals surface area contributed by atoms with E-state index in [-0.39, 0.29) is 25.3 Å². The van der Waals surface area contributed by atoms with Gasteiger partial charge in [0.15, 0.2) is 0 Å². The average molecular weight is 284 g/mol. The molecule has 3 N–H and O–H groups in total. The van der Waals surface area contributed by atoms with Crippen molar-refractivity contribution in [1.29, 1.82) is 0 Å². The van der Waals surface area contributed by atoms with Gasteiger partial charge in [-0.05, 0) is 31.1 Å². The number of carbonyl (C=O) groups is 3. The maximum absolute atomic E-state index is 11.7. The van der Waals surface area contributed by atoms with Gasteiger partial charge in [0.25, 0.3) is 0 Å². The van der Waals surface area contributed by atoms with Crippen molar-refractivity contribution in [2.24, 2.45) is 11.8 Å². The van der Waals surface area contributed by atoms with Gasteiger partial charge >= 0.3 is 12.0 Å². The Balaban J connectivity index is 2.26. The smallest absolute Gasteiger partial charge is 0.321 e. The topological polar surface area (TPSA) is 95.5 Å². The summed E-state index contributed by atoms with van der Waals surface area (Å²) in [5.41, 5.74) is 0. The molecule has 0 bridgehead atoms. The van der Waals surface area contributed by atoms with Crippen LogP contribution in [0, 0.1) is 11.8 Å². The summed E-state index contributed by atoms with van der Waals surface area (Å²) in [6.45, 7) is 4.27. The summed E-state index contributed by atoms with van der Waals surface area (Å²) >= 11 is 0. The van der Waals surface area contributed by atoms with E-state index in [0.29, 0.717) is 11.8 Å². The quantitative estimate of drug-likeness (QED) is 0.694. The van der Waals surface area contributed by atoms with Crippen molar-refractivity contribution < 1.29 is 19.5 Å². The van der Waals surface area contributed by atoms with Crippen LogP contribution < -0.4 is 10.6 Å². The number of aliphatic carboxylic acids is 1. The molecule has 0 aromatic carbocycles. The number of hydrogen-bond donors (Lipinski definition) is 3. The largest absolute Gasteiger partial charge is 0.481 e. The van der Waals surface area contributed by atoms with Crippen molar-refractivity contribution in [3.63, 3.8) is 0 Å². The standard InChI is InChI=1S/C14H24N2O4/c1-3-10-7-8-11(9(10)2)15-14(20)16-12(17)5-4-6-13(18)19/h9-11H,3-8H2,1-2H3,(H,18,19)(H2,15,16,17,20). The molecule has 1 saturated carbocycles. The Bertz CT molecular complexity index is 370. The fourth-order valence-corrected chi connectivity index (χ4v) is 2.82. The van der Waals surface area contributed by atoms with Crippen molar-refractivity contribution in [3.8, 4) is 0 Å². The van der Waals surface area contributed by atoms with Crippen LogP contribution in [0.5, 0.6) is 0 Å². The molecule has 1 aliphatic rings. The number of amides is 3. The van der Waals surface area contributed by atoms with E-state index in [1.165, 1.54) is 0 Å². The van der Waals surface area contributed by atoms with Crippen LogP contribution in [-0.4, -0.2) is 29.1 Å². The lowest BCUT2D eigenvalue weighted by Crippen LogP contribution is -2.45. The minimum Gasteiger partial charge on any atom is -0.481 e. The number of rotatable bonds is 6. The van der Waals surface area contributed by atoms with E-state index in [4.69, 9.17) is 5.11 Å². The van der Waals surface area contributed by atoms with Crippen LogP contribution in [0.25, 0.3) is 0 Å². The molecular weight excluding hydrogens is 260 g/mol. The molecule has 3 unspecified atom stereocenters. The fourth-order valence-electron chi connectivity index (χ4n) is 2.82. The molecule has 0 heterocycles. The zero-order valence-electron chi connectivity index (χ0n) is 12.1. The Kier molecular flexibility index (Phi) is 6.48. The lowest BCUT2D eigenvalue weighted by Gasteiger charge is -2.20. The maximum atomic E-state index is 11.7. The first-order valence-electron chi connectivity index (χ1n) is 7.26. The van der Waals surface area contributed by atoms with Crippen LogP contribution in [0.2, 0.25) is 0 Å². The fraction of sp³-hybridized carbons (Fsp3) is 0.786. The van der Waals surface area contributed by atoms with Crippen LogP contribution in [0.4, 0.5) is 4.79 Å². The molecule has 0 spiro atoms. The zero-order chi connectivity index (χ0) is 15.1. The highest BCUT2D eigenvalue weighted by molar-refractivity contribution is 5.94. The van der Waals surface area contributed by atoms with E-state index in [1.54, 1.807) is 0 Å². The first kappa shape index (κ1) is 16.5. The average Bonchev–Trinajstić information content (AvgIpc) is 2.69. The van der Waals surface area contributed by atoms with Gasteiger partial charge in [-0.3, -0.25) is 14.9 Å². The first-order chi connectivity index (χ1) is 9.43. The molecule has 0 radical (unpaired) electrons. The highest BCUT2D eigenvalue weighted by Gasteiger charge is 2.32. The highest BCUT2D eigenvalue weighted by Crippen LogP contribution is 2.33. The molecule has 1 rings (SSSR count). The molecule has 0 aromatic heterocycles. The first-order valence-corrected chi connectivity index (χ1v) is 7.26. The van der Waals surface area contributed by atoms with E-state index < -0.39 is 17.9 Å². The van der Waals surface area contributed by atoms with Gasteiger partial charge in [-0.15, -0.1) is 0 Å². The van der Waals surface area contributed by atoms with Crippen LogP contribution >= 0.6 is 0 Å². The van der Waals surface area contributed by atoms with E-state index >= 15 is 0 Å². The Morgan fingerprint density at radius 1 is 1.20 bits per heavy atom. The molecule has 3 atom stereocenters. The van der Waals surface area contributed by atoms with Crippen molar-refractivity contribution in [2.45, 2.75) is 58.4 Å². The van der Waals surface area contributed by atoms with Crippen LogP contribution in [0.3, 0.4) is 0 Å². The van der Waals surface area contributed by atoms with Gasteiger partial charge in [-0.2, -0.15) is 0 Å². The third kappa shape index (κ3) is 5.19. The number of carboxylic acid groups (broad SMARTS) is 1. The SMILES string of the molecule is CCC1CCC(NC(=O)NC(=O)CCCC(=O)O)C1C. The predicted molar refractivity (Wildman–Crippen MR) is 74.1 cm³/mol. The maximum Gasteiger partial charge on any atom is 0.321 e. The summed E-state index contributed by atoms with van der Waals surface area (Å²) in [5.74, 6) is -0.312. The molecule has 0 aliphatic heterocycles. The molecule has 1 fully saturated rings. The van der Waals surface area contributed by atoms with Crippen molar-refractivity contribution in [1.82, 2.24) is 10.6 Å². The monoisotopic (exact) mass is 284 g/mol. The third-order valence-corrected chi connectivity index (χ3v) is 4.12. The van der Waals surface area contributed by atoms with Gasteiger partial charge in [0.1, 0.15) is 0 Å². The third-order valence-electron chi connectivity index (χ3n) is 4.12. The number of hydrogen-bond acceptors (Lipinski definition) is 3. The van der Waals surface area contributed by atoms with Gasteiger partial charge in [0.05, 0.1) is 0 Å². The normalized spacial score (nSPS) is 25.2. The van der Waals surface area contributed by atoms with Crippen molar-refractivity contribution >= 4 is 17.9 Å². The van der Waals surface area contributed by atoms with Gasteiger partial charge in [0.2, 0.25) is 5.91 Å². The lowest BCUT2D eigenvalue weighted by atomic mass is 9.94. The summed E-state index contributed by atoms with van der Waals surface area (Å²) < 4.78 is 0. The van der Waals surface area contributed by atoms with Gasteiger partial charge in [0, 0.05) is 18.9 Å². The molecule has 3 amide bonds. The Labute approximate surface area is 119 Å². The second-order valence-corrected chi connectivity index (χ2v) is 5.48. The molecule has 20 heavy (non-hydrogen) atoms. The van der Waals surface area contributed by atoms with Crippen molar-refractivity contribution in [2.75, 3.05) is 0 Å². The molecular formula is C14H24N2O4. The lowest BCUT2D eigenvalue weighted by molar-refractivity contribution is -0.137. The van der Waals surface area contributed by atoms with E-state index in [0.717, 1.165) is 19.3 Å². The number of nitrogens with one attached hydrogen (secondary N) is 2. The van der Waals surface area contributed by atoms with Crippen LogP contribution in [-0.2, 0) is 9.59 Å². The molecule has 0 saturated heterocycles. The molecule has 114 valence electrons. The number of imide groups is 1. The Morgan fingerprint density at radius 3 is 2.45 bits per heavy atom. The molecule has 1 aliphatic carbocycles. The van der Waals surface area contributed by atoms with Gasteiger partial charge < -0.3 is 10.4 Å². The van der Waals surface area contributed by atoms with E-state index in [2.05, 4.69) is 24.5 Å². The molecule has 6 heteroatoms. The van der Waals surface area contributed by atoms with Crippen molar-refractivity contribution in [3.05, 3.63) is 0 Å². The number of carbonyl (C=O) groups excluding carboxylic acids is 2. The molecule has 0 aromatic rings. The highest BCUT2D eigenvalue weighted by atomic mass is 16.4. The van der Waals surface area contributed by atoms with Crippen LogP contribution in [0.15, 0.2) is 0 Å². The molecule has 6 nitrogen and oxygen atoms in total. The minimum absolute atomic E-state index is 0.0531. The van der Waals surface area contributed by atoms with Crippen LogP contribution in [0.1, 0.15) is 52.4 Å². The second kappa shape index (κ2) is 7.87. The number of carboxylic acids is 1. The number of urea groups is 1. The summed E-state index contributed by atoms with van der Waals surface area (Å²) in [7, 11) is 0. The Hall–Kier alpha value is -1.59.